The fraction of sp³-hybridized carbons (Fsp3) is 0.263. The summed E-state index contributed by atoms with van der Waals surface area (Å²) in [5.74, 6) is -1.64. The van der Waals surface area contributed by atoms with Gasteiger partial charge in [-0.3, -0.25) is 4.79 Å². The molecule has 23 heavy (non-hydrogen) atoms. The SMILES string of the molecule is [2H]c1c([2H])c(C([2H])([2H])[2H])c([2H])c([2H])c1-c1nc2c([2H])c([2H])c(C([2H])([2H])[2H])c([2H])n2c1CC(=O)N(C([2H])([2H])[2H])C([2H])([2H])[2H]. The number of benzene rings is 1. The maximum Gasteiger partial charge on any atom is 0.228 e. The van der Waals surface area contributed by atoms with Crippen molar-refractivity contribution in [1.29, 1.82) is 0 Å². The van der Waals surface area contributed by atoms with E-state index in [-0.39, 0.29) is 0 Å². The van der Waals surface area contributed by atoms with Crippen LogP contribution in [0.4, 0.5) is 0 Å². The van der Waals surface area contributed by atoms with Gasteiger partial charge < -0.3 is 9.30 Å². The molecule has 0 saturated carbocycles. The normalized spacial score (nSPS) is 25.1. The molecule has 118 valence electrons. The van der Waals surface area contributed by atoms with Crippen molar-refractivity contribution in [2.75, 3.05) is 14.0 Å². The molecule has 3 rings (SSSR count). The maximum absolute atomic E-state index is 13.2. The van der Waals surface area contributed by atoms with Crippen molar-refractivity contribution in [3.05, 3.63) is 59.2 Å². The molecule has 0 aliphatic heterocycles. The molecule has 0 atom stereocenters. The average molecular weight is 327 g/mol. The van der Waals surface area contributed by atoms with Gasteiger partial charge in [-0.25, -0.2) is 4.98 Å². The topological polar surface area (TPSA) is 37.6 Å². The number of carbonyl (C=O) groups is 1. The smallest absolute Gasteiger partial charge is 0.228 e. The Morgan fingerprint density at radius 2 is 1.91 bits per heavy atom. The highest BCUT2D eigenvalue weighted by Gasteiger charge is 2.18. The van der Waals surface area contributed by atoms with E-state index in [0.29, 0.717) is 4.40 Å². The maximum atomic E-state index is 13.2. The highest BCUT2D eigenvalue weighted by atomic mass is 16.2. The molecule has 0 spiro atoms. The van der Waals surface area contributed by atoms with Crippen LogP contribution >= 0.6 is 0 Å². The number of hydrogen-bond donors (Lipinski definition) is 0. The van der Waals surface area contributed by atoms with Crippen LogP contribution in [-0.4, -0.2) is 34.1 Å². The first-order valence-corrected chi connectivity index (χ1v) is 6.20. The monoisotopic (exact) mass is 326 g/mol. The number of fused-ring (bicyclic) bond motifs is 1. The van der Waals surface area contributed by atoms with Crippen molar-refractivity contribution in [1.82, 2.24) is 14.3 Å². The first kappa shape index (κ1) is 4.47. The van der Waals surface area contributed by atoms with Crippen molar-refractivity contribution < 1.29 is 30.8 Å². The third kappa shape index (κ3) is 2.97. The third-order valence-corrected chi connectivity index (χ3v) is 2.93. The molecule has 1 aromatic carbocycles. The van der Waals surface area contributed by atoms with E-state index in [9.17, 15) is 4.79 Å². The number of amides is 1. The van der Waals surface area contributed by atoms with E-state index in [2.05, 4.69) is 4.98 Å². The number of imidazole rings is 1. The van der Waals surface area contributed by atoms with Gasteiger partial charge in [0.05, 0.1) is 27.4 Å². The molecule has 0 bridgehead atoms. The minimum atomic E-state index is -3.53. The molecule has 0 radical (unpaired) electrons. The number of aromatic nitrogens is 2. The summed E-state index contributed by atoms with van der Waals surface area (Å²) in [6, 6.07) is -5.94. The molecule has 2 aromatic heterocycles. The standard InChI is InChI=1S/C19H21N3O/c1-13-5-8-15(9-6-13)19-16(11-18(23)21(3)4)22-12-14(2)7-10-17(22)20-19/h5-10,12H,11H2,1-4H3/i1D3,2D3,3D3,4D3,5D,6D,7D,8D,9D,10D,12D. The van der Waals surface area contributed by atoms with E-state index in [1.807, 2.05) is 0 Å². The second-order valence-electron chi connectivity index (χ2n) is 4.46. The van der Waals surface area contributed by atoms with Gasteiger partial charge >= 0.3 is 0 Å². The van der Waals surface area contributed by atoms with Gasteiger partial charge in [0.15, 0.2) is 0 Å². The lowest BCUT2D eigenvalue weighted by molar-refractivity contribution is -0.128. The molecular formula is C19H21N3O. The minimum Gasteiger partial charge on any atom is -0.348 e. The van der Waals surface area contributed by atoms with E-state index < -0.39 is 121 Å². The number of nitrogens with zero attached hydrogens (tertiary/aromatic N) is 3. The van der Waals surface area contributed by atoms with Crippen molar-refractivity contribution in [3.8, 4) is 11.3 Å². The second-order valence-corrected chi connectivity index (χ2v) is 4.46. The Labute approximate surface area is 163 Å². The van der Waals surface area contributed by atoms with Crippen LogP contribution in [0.5, 0.6) is 0 Å². The Morgan fingerprint density at radius 1 is 1.17 bits per heavy atom. The summed E-state index contributed by atoms with van der Waals surface area (Å²) in [4.78, 5) is 16.8. The lowest BCUT2D eigenvalue weighted by atomic mass is 10.1. The summed E-state index contributed by atoms with van der Waals surface area (Å²) < 4.78 is 150. The number of hydrogen-bond acceptors (Lipinski definition) is 2. The van der Waals surface area contributed by atoms with Gasteiger partial charge in [-0.05, 0) is 25.3 Å². The third-order valence-electron chi connectivity index (χ3n) is 2.93. The number of likely N-dealkylation sites (N-methyl/N-ethyl adjacent to an activating group) is 1. The molecule has 4 heteroatoms. The number of carbonyl (C=O) groups excluding carboxylic acids is 1. The Hall–Kier alpha value is -2.62. The van der Waals surface area contributed by atoms with Gasteiger partial charge in [-0.2, -0.15) is 0 Å². The fourth-order valence-electron chi connectivity index (χ4n) is 1.93. The molecule has 0 N–H and O–H groups in total. The quantitative estimate of drug-likeness (QED) is 0.741. The molecule has 4 nitrogen and oxygen atoms in total. The van der Waals surface area contributed by atoms with Gasteiger partial charge in [0.25, 0.3) is 0 Å². The summed E-state index contributed by atoms with van der Waals surface area (Å²) in [6.45, 7) is -13.3. The van der Waals surface area contributed by atoms with E-state index in [1.54, 1.807) is 0 Å². The van der Waals surface area contributed by atoms with Gasteiger partial charge in [0.2, 0.25) is 5.91 Å². The lowest BCUT2D eigenvalue weighted by Gasteiger charge is -2.11. The zero-order valence-corrected chi connectivity index (χ0v) is 11.5. The van der Waals surface area contributed by atoms with Crippen LogP contribution in [0, 0.1) is 13.7 Å². The van der Waals surface area contributed by atoms with Crippen molar-refractivity contribution in [3.63, 3.8) is 0 Å². The van der Waals surface area contributed by atoms with Crippen molar-refractivity contribution in [2.24, 2.45) is 0 Å². The molecule has 1 amide bonds. The van der Waals surface area contributed by atoms with Crippen LogP contribution in [0.2, 0.25) is 0 Å². The van der Waals surface area contributed by atoms with Crippen LogP contribution in [0.25, 0.3) is 16.9 Å². The Morgan fingerprint density at radius 3 is 2.61 bits per heavy atom. The van der Waals surface area contributed by atoms with Gasteiger partial charge in [0.1, 0.15) is 5.65 Å². The first-order valence-electron chi connectivity index (χ1n) is 15.7. The highest BCUT2D eigenvalue weighted by Crippen LogP contribution is 2.26. The summed E-state index contributed by atoms with van der Waals surface area (Å²) in [5, 5.41) is 0. The number of pyridine rings is 1. The predicted octanol–water partition coefficient (Wildman–Crippen LogP) is 3.25. The average Bonchev–Trinajstić information content (AvgIpc) is 3.11. The van der Waals surface area contributed by atoms with Crippen LogP contribution in [0.1, 0.15) is 42.9 Å². The van der Waals surface area contributed by atoms with Gasteiger partial charge in [0, 0.05) is 42.1 Å². The Kier molecular flexibility index (Phi) is 1.14. The Bertz CT molecular complexity index is 1550. The van der Waals surface area contributed by atoms with Crippen LogP contribution < -0.4 is 0 Å². The molecule has 2 heterocycles. The largest absolute Gasteiger partial charge is 0.348 e. The highest BCUT2D eigenvalue weighted by molar-refractivity contribution is 5.81. The summed E-state index contributed by atoms with van der Waals surface area (Å²) in [5.41, 5.74) is -4.81. The summed E-state index contributed by atoms with van der Waals surface area (Å²) in [6.07, 6.45) is -2.31. The predicted molar refractivity (Wildman–Crippen MR) is 92.5 cm³/mol. The number of rotatable bonds is 3. The van der Waals surface area contributed by atoms with Gasteiger partial charge in [-0.15, -0.1) is 0 Å². The fourth-order valence-corrected chi connectivity index (χ4v) is 1.93. The van der Waals surface area contributed by atoms with E-state index in [1.165, 1.54) is 0 Å². The van der Waals surface area contributed by atoms with Crippen molar-refractivity contribution in [2.45, 2.75) is 20.1 Å². The summed E-state index contributed by atoms with van der Waals surface area (Å²) in [7, 11) is 0. The molecule has 0 unspecified atom stereocenters. The van der Waals surface area contributed by atoms with Crippen LogP contribution in [0.3, 0.4) is 0 Å². The molecule has 0 aliphatic rings. The zero-order valence-electron chi connectivity index (χ0n) is 30.5. The van der Waals surface area contributed by atoms with Gasteiger partial charge in [-0.1, -0.05) is 35.8 Å². The van der Waals surface area contributed by atoms with Crippen LogP contribution in [-0.2, 0) is 11.2 Å². The van der Waals surface area contributed by atoms with E-state index in [0.717, 1.165) is 0 Å². The minimum absolute atomic E-state index is 0.440. The lowest BCUT2D eigenvalue weighted by Crippen LogP contribution is -2.24. The van der Waals surface area contributed by atoms with Crippen molar-refractivity contribution >= 4 is 11.6 Å². The molecule has 3 aromatic rings. The molecule has 0 saturated heterocycles. The van der Waals surface area contributed by atoms with Crippen LogP contribution in [0.15, 0.2) is 42.4 Å². The Balaban J connectivity index is 2.57. The summed E-state index contributed by atoms with van der Waals surface area (Å²) >= 11 is 0. The zero-order chi connectivity index (χ0) is 32.7. The molecule has 0 fully saturated rings. The molecular weight excluding hydrogens is 286 g/mol. The first-order chi connectivity index (χ1) is 18.7. The van der Waals surface area contributed by atoms with E-state index >= 15 is 0 Å². The molecule has 0 aliphatic carbocycles. The second kappa shape index (κ2) is 5.88. The van der Waals surface area contributed by atoms with E-state index in [4.69, 9.17) is 26.0 Å².